The van der Waals surface area contributed by atoms with Crippen molar-refractivity contribution in [3.63, 3.8) is 0 Å². The predicted molar refractivity (Wildman–Crippen MR) is 54.5 cm³/mol. The van der Waals surface area contributed by atoms with E-state index in [4.69, 9.17) is 6.42 Å². The van der Waals surface area contributed by atoms with Gasteiger partial charge in [-0.25, -0.2) is 0 Å². The Hall–Kier alpha value is -0.920. The van der Waals surface area contributed by atoms with Crippen LogP contribution in [-0.4, -0.2) is 28.7 Å². The second-order valence-corrected chi connectivity index (χ2v) is 4.17. The number of hydrogen-bond acceptors (Lipinski definition) is 4. The molecule has 4 heteroatoms. The Balaban J connectivity index is 2.68. The zero-order chi connectivity index (χ0) is 9.84. The van der Waals surface area contributed by atoms with Gasteiger partial charge < -0.3 is 0 Å². The van der Waals surface area contributed by atoms with Gasteiger partial charge in [-0.05, 0) is 20.9 Å². The maximum Gasteiger partial charge on any atom is 0.134 e. The van der Waals surface area contributed by atoms with Crippen LogP contribution in [0, 0.1) is 19.3 Å². The van der Waals surface area contributed by atoms with Crippen LogP contribution in [0.4, 0.5) is 0 Å². The van der Waals surface area contributed by atoms with E-state index in [1.165, 1.54) is 0 Å². The highest BCUT2D eigenvalue weighted by molar-refractivity contribution is 7.11. The lowest BCUT2D eigenvalue weighted by molar-refractivity contribution is 0.292. The molecule has 70 valence electrons. The first-order chi connectivity index (χ1) is 6.15. The van der Waals surface area contributed by atoms with Crippen molar-refractivity contribution in [1.29, 1.82) is 0 Å². The van der Waals surface area contributed by atoms with Crippen molar-refractivity contribution in [3.8, 4) is 12.3 Å². The van der Waals surface area contributed by atoms with Gasteiger partial charge in [0.2, 0.25) is 0 Å². The molecule has 1 rings (SSSR count). The van der Waals surface area contributed by atoms with Crippen LogP contribution < -0.4 is 0 Å². The Morgan fingerprint density at radius 3 is 2.77 bits per heavy atom. The highest BCUT2D eigenvalue weighted by Gasteiger charge is 2.14. The molecule has 0 aliphatic carbocycles. The van der Waals surface area contributed by atoms with Gasteiger partial charge in [0.15, 0.2) is 0 Å². The molecule has 1 heterocycles. The van der Waals surface area contributed by atoms with Gasteiger partial charge in [-0.1, -0.05) is 5.92 Å². The molecule has 0 fully saturated rings. The van der Waals surface area contributed by atoms with E-state index in [2.05, 4.69) is 27.9 Å². The van der Waals surface area contributed by atoms with E-state index in [0.29, 0.717) is 6.54 Å². The number of nitrogens with zero attached hydrogens (tertiary/aromatic N) is 3. The van der Waals surface area contributed by atoms with Gasteiger partial charge in [-0.3, -0.25) is 4.90 Å². The standard InChI is InChI=1S/C9H13N3S/c1-5-6-12(4)7(2)9-11-10-8(3)13-9/h1,7H,6H2,2-4H3. The van der Waals surface area contributed by atoms with Crippen molar-refractivity contribution >= 4 is 11.3 Å². The number of rotatable bonds is 3. The first-order valence-electron chi connectivity index (χ1n) is 4.09. The van der Waals surface area contributed by atoms with Crippen molar-refractivity contribution < 1.29 is 0 Å². The molecular formula is C9H13N3S. The highest BCUT2D eigenvalue weighted by atomic mass is 32.1. The molecule has 0 radical (unpaired) electrons. The van der Waals surface area contributed by atoms with Gasteiger partial charge in [-0.2, -0.15) is 0 Å². The normalized spacial score (nSPS) is 12.8. The molecule has 0 aromatic carbocycles. The summed E-state index contributed by atoms with van der Waals surface area (Å²) in [6, 6.07) is 0.252. The highest BCUT2D eigenvalue weighted by Crippen LogP contribution is 2.21. The molecule has 1 aromatic heterocycles. The summed E-state index contributed by atoms with van der Waals surface area (Å²) in [7, 11) is 1.99. The average molecular weight is 195 g/mol. The molecule has 13 heavy (non-hydrogen) atoms. The molecule has 0 N–H and O–H groups in total. The summed E-state index contributed by atoms with van der Waals surface area (Å²) in [5.41, 5.74) is 0. The Morgan fingerprint density at radius 1 is 1.62 bits per heavy atom. The van der Waals surface area contributed by atoms with Crippen molar-refractivity contribution in [1.82, 2.24) is 15.1 Å². The maximum atomic E-state index is 5.23. The fourth-order valence-corrected chi connectivity index (χ4v) is 1.77. The van der Waals surface area contributed by atoms with Gasteiger partial charge in [0, 0.05) is 0 Å². The Morgan fingerprint density at radius 2 is 2.31 bits per heavy atom. The van der Waals surface area contributed by atoms with Gasteiger partial charge in [0.1, 0.15) is 10.0 Å². The molecule has 3 nitrogen and oxygen atoms in total. The van der Waals surface area contributed by atoms with E-state index in [0.717, 1.165) is 10.0 Å². The Kier molecular flexibility index (Phi) is 3.40. The SMILES string of the molecule is C#CCN(C)C(C)c1nnc(C)s1. The first kappa shape index (κ1) is 10.2. The Bertz CT molecular complexity index is 313. The third kappa shape index (κ3) is 2.51. The van der Waals surface area contributed by atoms with Crippen LogP contribution in [0.3, 0.4) is 0 Å². The monoisotopic (exact) mass is 195 g/mol. The van der Waals surface area contributed by atoms with Crippen molar-refractivity contribution in [2.75, 3.05) is 13.6 Å². The van der Waals surface area contributed by atoms with Crippen LogP contribution in [0.2, 0.25) is 0 Å². The summed E-state index contributed by atoms with van der Waals surface area (Å²) >= 11 is 1.62. The zero-order valence-electron chi connectivity index (χ0n) is 8.11. The van der Waals surface area contributed by atoms with E-state index in [1.807, 2.05) is 14.0 Å². The molecule has 0 aliphatic rings. The molecule has 0 spiro atoms. The quantitative estimate of drug-likeness (QED) is 0.684. The molecule has 0 aliphatic heterocycles. The van der Waals surface area contributed by atoms with Crippen LogP contribution in [0.5, 0.6) is 0 Å². The van der Waals surface area contributed by atoms with Crippen molar-refractivity contribution in [2.24, 2.45) is 0 Å². The third-order valence-electron chi connectivity index (χ3n) is 1.90. The van der Waals surface area contributed by atoms with Crippen LogP contribution >= 0.6 is 11.3 Å². The summed E-state index contributed by atoms with van der Waals surface area (Å²) in [6.07, 6.45) is 5.23. The molecule has 1 aromatic rings. The lowest BCUT2D eigenvalue weighted by atomic mass is 10.3. The summed E-state index contributed by atoms with van der Waals surface area (Å²) in [6.45, 7) is 4.67. The van der Waals surface area contributed by atoms with E-state index in [1.54, 1.807) is 11.3 Å². The molecule has 0 saturated carbocycles. The number of aryl methyl sites for hydroxylation is 1. The molecule has 1 atom stereocenters. The number of hydrogen-bond donors (Lipinski definition) is 0. The predicted octanol–water partition coefficient (Wildman–Crippen LogP) is 1.47. The molecule has 0 saturated heterocycles. The van der Waals surface area contributed by atoms with Crippen molar-refractivity contribution in [2.45, 2.75) is 19.9 Å². The van der Waals surface area contributed by atoms with Crippen molar-refractivity contribution in [3.05, 3.63) is 10.0 Å². The zero-order valence-corrected chi connectivity index (χ0v) is 8.93. The lowest BCUT2D eigenvalue weighted by Crippen LogP contribution is -2.22. The molecule has 0 bridgehead atoms. The van der Waals surface area contributed by atoms with Crippen LogP contribution in [0.15, 0.2) is 0 Å². The van der Waals surface area contributed by atoms with Gasteiger partial charge >= 0.3 is 0 Å². The minimum Gasteiger partial charge on any atom is -0.286 e. The smallest absolute Gasteiger partial charge is 0.134 e. The summed E-state index contributed by atoms with van der Waals surface area (Å²) in [5.74, 6) is 2.61. The van der Waals surface area contributed by atoms with Crippen LogP contribution in [-0.2, 0) is 0 Å². The molecule has 0 amide bonds. The van der Waals surface area contributed by atoms with Gasteiger partial charge in [0.05, 0.1) is 12.6 Å². The van der Waals surface area contributed by atoms with E-state index in [-0.39, 0.29) is 6.04 Å². The largest absolute Gasteiger partial charge is 0.286 e. The van der Waals surface area contributed by atoms with E-state index in [9.17, 15) is 0 Å². The molecule has 1 unspecified atom stereocenters. The minimum absolute atomic E-state index is 0.252. The van der Waals surface area contributed by atoms with Gasteiger partial charge in [0.25, 0.3) is 0 Å². The second kappa shape index (κ2) is 4.35. The van der Waals surface area contributed by atoms with E-state index < -0.39 is 0 Å². The third-order valence-corrected chi connectivity index (χ3v) is 2.91. The molecular weight excluding hydrogens is 182 g/mol. The number of aromatic nitrogens is 2. The summed E-state index contributed by atoms with van der Waals surface area (Å²) < 4.78 is 0. The minimum atomic E-state index is 0.252. The van der Waals surface area contributed by atoms with Crippen LogP contribution in [0.1, 0.15) is 23.0 Å². The first-order valence-corrected chi connectivity index (χ1v) is 4.90. The fraction of sp³-hybridized carbons (Fsp3) is 0.556. The van der Waals surface area contributed by atoms with Crippen LogP contribution in [0.25, 0.3) is 0 Å². The van der Waals surface area contributed by atoms with E-state index >= 15 is 0 Å². The number of terminal acetylenes is 1. The summed E-state index contributed by atoms with van der Waals surface area (Å²) in [4.78, 5) is 2.07. The maximum absolute atomic E-state index is 5.23. The second-order valence-electron chi connectivity index (χ2n) is 2.95. The van der Waals surface area contributed by atoms with Gasteiger partial charge in [-0.15, -0.1) is 28.0 Å². The summed E-state index contributed by atoms with van der Waals surface area (Å²) in [5, 5.41) is 10.1. The average Bonchev–Trinajstić information content (AvgIpc) is 2.51. The topological polar surface area (TPSA) is 29.0 Å². The lowest BCUT2D eigenvalue weighted by Gasteiger charge is -2.19. The fourth-order valence-electron chi connectivity index (χ4n) is 0.950. The Labute approximate surface area is 82.8 Å².